The number of nitrogens with zero attached hydrogens (tertiary/aromatic N) is 4. The van der Waals surface area contributed by atoms with Crippen molar-refractivity contribution in [1.29, 1.82) is 0 Å². The van der Waals surface area contributed by atoms with Crippen LogP contribution < -0.4 is 14.4 Å². The highest BCUT2D eigenvalue weighted by atomic mass is 32.2. The third-order valence-electron chi connectivity index (χ3n) is 6.17. The fourth-order valence-corrected chi connectivity index (χ4v) is 6.11. The molecule has 4 rings (SSSR count). The summed E-state index contributed by atoms with van der Waals surface area (Å²) in [5, 5.41) is 4.52. The van der Waals surface area contributed by atoms with Crippen LogP contribution in [0, 0.1) is 5.92 Å². The zero-order chi connectivity index (χ0) is 27.0. The van der Waals surface area contributed by atoms with E-state index in [-0.39, 0.29) is 16.0 Å². The molecule has 0 spiro atoms. The average Bonchev–Trinajstić information content (AvgIpc) is 3.40. The van der Waals surface area contributed by atoms with Gasteiger partial charge in [-0.25, -0.2) is 22.8 Å². The van der Waals surface area contributed by atoms with Crippen molar-refractivity contribution >= 4 is 29.8 Å². The van der Waals surface area contributed by atoms with Crippen molar-refractivity contribution in [3.63, 3.8) is 0 Å². The summed E-state index contributed by atoms with van der Waals surface area (Å²) in [6, 6.07) is 12.9. The minimum atomic E-state index is -4.04. The first-order chi connectivity index (χ1) is 17.2. The van der Waals surface area contributed by atoms with E-state index in [1.807, 2.05) is 0 Å². The number of carbonyl (C=O) groups is 1. The third-order valence-corrected chi connectivity index (χ3v) is 8.52. The summed E-state index contributed by atoms with van der Waals surface area (Å²) in [5.74, 6) is 1.10. The molecule has 0 bridgehead atoms. The molecule has 0 saturated carbocycles. The van der Waals surface area contributed by atoms with Gasteiger partial charge in [0.2, 0.25) is 5.88 Å². The minimum absolute atomic E-state index is 0.0204. The molecule has 1 aliphatic rings. The fraction of sp³-hybridized carbons (Fsp3) is 0.423. The Balaban J connectivity index is 1.70. The largest absolute Gasteiger partial charge is 0.480 e. The summed E-state index contributed by atoms with van der Waals surface area (Å²) in [7, 11) is -5.45. The van der Waals surface area contributed by atoms with Gasteiger partial charge >= 0.3 is 0 Å². The standard InChI is InChI=1S/C26H35N5O4SSi/c1-19-16-26(2,3)30(17-19)24-21(25(32)29-36(33,34)20-10-8-7-9-11-20)12-13-22(27-24)31-15-14-23(28-31)35-18-37(4,5)6/h7-15,19H,16-18H2,1-6H3,(H,29,32). The lowest BCUT2D eigenvalue weighted by molar-refractivity contribution is 0.0981. The van der Waals surface area contributed by atoms with Gasteiger partial charge in [-0.3, -0.25) is 4.79 Å². The lowest BCUT2D eigenvalue weighted by Crippen LogP contribution is -2.41. The van der Waals surface area contributed by atoms with Crippen LogP contribution in [-0.4, -0.2) is 55.5 Å². The normalized spacial score (nSPS) is 17.6. The van der Waals surface area contributed by atoms with Gasteiger partial charge in [0, 0.05) is 24.3 Å². The summed E-state index contributed by atoms with van der Waals surface area (Å²) in [6.07, 6.45) is 3.33. The van der Waals surface area contributed by atoms with Gasteiger partial charge in [0.15, 0.2) is 5.82 Å². The molecule has 3 aromatic rings. The molecular weight excluding hydrogens is 506 g/mol. The van der Waals surface area contributed by atoms with Crippen molar-refractivity contribution in [2.45, 2.75) is 57.3 Å². The number of sulfonamides is 1. The first kappa shape index (κ1) is 26.9. The third kappa shape index (κ3) is 6.21. The van der Waals surface area contributed by atoms with Gasteiger partial charge in [-0.1, -0.05) is 44.8 Å². The second-order valence-corrected chi connectivity index (χ2v) is 18.6. The number of hydrogen-bond donors (Lipinski definition) is 1. The van der Waals surface area contributed by atoms with Gasteiger partial charge in [0.1, 0.15) is 5.82 Å². The van der Waals surface area contributed by atoms with Crippen LogP contribution in [0.5, 0.6) is 5.88 Å². The molecule has 3 heterocycles. The van der Waals surface area contributed by atoms with Crippen LogP contribution in [0.2, 0.25) is 19.6 Å². The highest BCUT2D eigenvalue weighted by molar-refractivity contribution is 7.90. The van der Waals surface area contributed by atoms with Crippen LogP contribution in [0.4, 0.5) is 5.82 Å². The van der Waals surface area contributed by atoms with Gasteiger partial charge in [-0.05, 0) is 50.5 Å². The number of hydrogen-bond acceptors (Lipinski definition) is 7. The predicted octanol–water partition coefficient (Wildman–Crippen LogP) is 4.27. The van der Waals surface area contributed by atoms with E-state index in [4.69, 9.17) is 9.72 Å². The summed E-state index contributed by atoms with van der Waals surface area (Å²) in [6.45, 7) is 13.7. The van der Waals surface area contributed by atoms with E-state index in [0.29, 0.717) is 36.2 Å². The molecule has 1 aliphatic heterocycles. The Labute approximate surface area is 219 Å². The summed E-state index contributed by atoms with van der Waals surface area (Å²) >= 11 is 0. The van der Waals surface area contributed by atoms with E-state index >= 15 is 0 Å². The quantitative estimate of drug-likeness (QED) is 0.425. The molecule has 1 aromatic carbocycles. The Morgan fingerprint density at radius 1 is 1.14 bits per heavy atom. The van der Waals surface area contributed by atoms with E-state index in [0.717, 1.165) is 6.42 Å². The first-order valence-corrected chi connectivity index (χ1v) is 17.5. The Kier molecular flexibility index (Phi) is 7.22. The summed E-state index contributed by atoms with van der Waals surface area (Å²) in [4.78, 5) is 20.3. The maximum absolute atomic E-state index is 13.3. The molecule has 1 amide bonds. The van der Waals surface area contributed by atoms with Gasteiger partial charge in [-0.2, -0.15) is 0 Å². The maximum atomic E-state index is 13.3. The predicted molar refractivity (Wildman–Crippen MR) is 146 cm³/mol. The van der Waals surface area contributed by atoms with Crippen LogP contribution >= 0.6 is 0 Å². The Morgan fingerprint density at radius 2 is 1.84 bits per heavy atom. The number of rotatable bonds is 8. The van der Waals surface area contributed by atoms with Gasteiger partial charge < -0.3 is 9.64 Å². The summed E-state index contributed by atoms with van der Waals surface area (Å²) < 4.78 is 35.4. The number of benzene rings is 1. The van der Waals surface area contributed by atoms with Gasteiger partial charge in [0.05, 0.1) is 24.8 Å². The van der Waals surface area contributed by atoms with Crippen molar-refractivity contribution in [1.82, 2.24) is 19.5 Å². The van der Waals surface area contributed by atoms with Crippen LogP contribution in [0.3, 0.4) is 0 Å². The molecule has 1 fully saturated rings. The molecule has 37 heavy (non-hydrogen) atoms. The molecule has 1 atom stereocenters. The van der Waals surface area contributed by atoms with E-state index in [1.54, 1.807) is 47.3 Å². The fourth-order valence-electron chi connectivity index (χ4n) is 4.55. The number of carbonyl (C=O) groups excluding carboxylic acids is 1. The van der Waals surface area contributed by atoms with E-state index in [2.05, 4.69) is 55.1 Å². The molecule has 0 radical (unpaired) electrons. The lowest BCUT2D eigenvalue weighted by Gasteiger charge is -2.34. The molecule has 11 heteroatoms. The zero-order valence-corrected chi connectivity index (χ0v) is 24.0. The van der Waals surface area contributed by atoms with Crippen LogP contribution in [0.1, 0.15) is 37.6 Å². The molecule has 1 unspecified atom stereocenters. The average molecular weight is 542 g/mol. The summed E-state index contributed by atoms with van der Waals surface area (Å²) in [5.41, 5.74) is -0.0820. The van der Waals surface area contributed by atoms with Crippen molar-refractivity contribution in [3.05, 3.63) is 60.3 Å². The Hall–Kier alpha value is -3.18. The number of amides is 1. The number of nitrogens with one attached hydrogen (secondary N) is 1. The number of pyridine rings is 1. The molecule has 1 saturated heterocycles. The Bertz CT molecular complexity index is 1380. The van der Waals surface area contributed by atoms with Crippen molar-refractivity contribution in [3.8, 4) is 11.7 Å². The zero-order valence-electron chi connectivity index (χ0n) is 22.2. The number of anilines is 1. The van der Waals surface area contributed by atoms with E-state index in [1.165, 1.54) is 12.1 Å². The van der Waals surface area contributed by atoms with Crippen molar-refractivity contribution < 1.29 is 17.9 Å². The molecule has 9 nitrogen and oxygen atoms in total. The number of ether oxygens (including phenoxy) is 1. The second-order valence-electron chi connectivity index (χ2n) is 11.5. The molecule has 2 aromatic heterocycles. The van der Waals surface area contributed by atoms with Gasteiger partial charge in [-0.15, -0.1) is 5.10 Å². The maximum Gasteiger partial charge on any atom is 0.268 e. The smallest absolute Gasteiger partial charge is 0.268 e. The molecule has 0 aliphatic carbocycles. The molecule has 198 valence electrons. The Morgan fingerprint density at radius 3 is 2.46 bits per heavy atom. The van der Waals surface area contributed by atoms with Gasteiger partial charge in [0.25, 0.3) is 15.9 Å². The highest BCUT2D eigenvalue weighted by Gasteiger charge is 2.39. The number of aromatic nitrogens is 3. The first-order valence-electron chi connectivity index (χ1n) is 12.3. The van der Waals surface area contributed by atoms with Crippen LogP contribution in [0.15, 0.2) is 59.6 Å². The van der Waals surface area contributed by atoms with Crippen LogP contribution in [0.25, 0.3) is 5.82 Å². The van der Waals surface area contributed by atoms with E-state index in [9.17, 15) is 13.2 Å². The highest BCUT2D eigenvalue weighted by Crippen LogP contribution is 2.37. The lowest BCUT2D eigenvalue weighted by atomic mass is 9.97. The van der Waals surface area contributed by atoms with Crippen molar-refractivity contribution in [2.24, 2.45) is 5.92 Å². The molecular formula is C26H35N5O4SSi. The van der Waals surface area contributed by atoms with Crippen LogP contribution in [-0.2, 0) is 10.0 Å². The van der Waals surface area contributed by atoms with E-state index < -0.39 is 24.0 Å². The minimum Gasteiger partial charge on any atom is -0.480 e. The SMILES string of the molecule is CC1CN(c2nc(-n3ccc(OC[Si](C)(C)C)n3)ccc2C(=O)NS(=O)(=O)c2ccccc2)C(C)(C)C1. The van der Waals surface area contributed by atoms with Crippen molar-refractivity contribution in [2.75, 3.05) is 17.7 Å². The second kappa shape index (κ2) is 9.94. The topological polar surface area (TPSA) is 106 Å². The monoisotopic (exact) mass is 541 g/mol. The molecule has 1 N–H and O–H groups in total.